The lowest BCUT2D eigenvalue weighted by Crippen LogP contribution is -2.45. The lowest BCUT2D eigenvalue weighted by Gasteiger charge is -2.32. The number of benzene rings is 1. The van der Waals surface area contributed by atoms with Gasteiger partial charge in [0.15, 0.2) is 9.84 Å². The van der Waals surface area contributed by atoms with Crippen LogP contribution in [-0.2, 0) is 20.4 Å². The molecule has 1 aromatic carbocycles. The Morgan fingerprint density at radius 1 is 1.26 bits per heavy atom. The molecule has 0 saturated carbocycles. The van der Waals surface area contributed by atoms with Crippen molar-refractivity contribution in [3.63, 3.8) is 0 Å². The van der Waals surface area contributed by atoms with E-state index in [0.29, 0.717) is 34.6 Å². The molecule has 23 heavy (non-hydrogen) atoms. The van der Waals surface area contributed by atoms with E-state index in [1.54, 1.807) is 17.0 Å². The molecule has 1 atom stereocenters. The van der Waals surface area contributed by atoms with Crippen molar-refractivity contribution in [1.29, 1.82) is 0 Å². The summed E-state index contributed by atoms with van der Waals surface area (Å²) in [4.78, 5) is 14.1. The molecule has 0 N–H and O–H groups in total. The van der Waals surface area contributed by atoms with Crippen molar-refractivity contribution >= 4 is 38.9 Å². The van der Waals surface area contributed by atoms with E-state index in [2.05, 4.69) is 6.92 Å². The number of hydrogen-bond acceptors (Lipinski definition) is 3. The van der Waals surface area contributed by atoms with Gasteiger partial charge in [-0.15, -0.1) is 0 Å². The van der Waals surface area contributed by atoms with Crippen LogP contribution in [0.25, 0.3) is 0 Å². The van der Waals surface area contributed by atoms with Crippen molar-refractivity contribution in [3.8, 4) is 0 Å². The van der Waals surface area contributed by atoms with Gasteiger partial charge in [0.25, 0.3) is 0 Å². The molecule has 1 saturated heterocycles. The fourth-order valence-electron chi connectivity index (χ4n) is 2.63. The van der Waals surface area contributed by atoms with Crippen LogP contribution in [0.5, 0.6) is 0 Å². The molecule has 4 nitrogen and oxygen atoms in total. The molecule has 0 spiro atoms. The van der Waals surface area contributed by atoms with E-state index in [1.165, 1.54) is 13.0 Å². The number of piperidine rings is 1. The summed E-state index contributed by atoms with van der Waals surface area (Å²) in [7, 11) is -3.60. The van der Waals surface area contributed by atoms with Crippen molar-refractivity contribution in [3.05, 3.63) is 33.8 Å². The second-order valence-electron chi connectivity index (χ2n) is 6.21. The molecule has 1 amide bonds. The summed E-state index contributed by atoms with van der Waals surface area (Å²) < 4.78 is 25.0. The van der Waals surface area contributed by atoms with Gasteiger partial charge in [0.05, 0.1) is 15.8 Å². The van der Waals surface area contributed by atoms with Gasteiger partial charge < -0.3 is 4.90 Å². The summed E-state index contributed by atoms with van der Waals surface area (Å²) in [6.07, 6.45) is 1.84. The molecule has 1 aromatic rings. The Labute approximate surface area is 147 Å². The van der Waals surface area contributed by atoms with Crippen LogP contribution in [0.4, 0.5) is 0 Å². The van der Waals surface area contributed by atoms with Gasteiger partial charge in [-0.25, -0.2) is 8.42 Å². The Morgan fingerprint density at radius 3 is 2.43 bits per heavy atom. The number of amides is 1. The average molecular weight is 378 g/mol. The number of carbonyl (C=O) groups is 1. The lowest BCUT2D eigenvalue weighted by atomic mass is 9.99. The largest absolute Gasteiger partial charge is 0.342 e. The molecule has 2 rings (SSSR count). The molecule has 1 aliphatic rings. The van der Waals surface area contributed by atoms with Crippen LogP contribution in [0.2, 0.25) is 10.0 Å². The van der Waals surface area contributed by atoms with Crippen molar-refractivity contribution < 1.29 is 13.2 Å². The number of halogens is 2. The first-order valence-corrected chi connectivity index (χ1v) is 10.1. The third-order valence-electron chi connectivity index (χ3n) is 4.33. The molecule has 0 bridgehead atoms. The van der Waals surface area contributed by atoms with Gasteiger partial charge in [0.1, 0.15) is 5.25 Å². The van der Waals surface area contributed by atoms with Crippen molar-refractivity contribution in [2.75, 3.05) is 13.1 Å². The topological polar surface area (TPSA) is 54.5 Å². The highest BCUT2D eigenvalue weighted by Gasteiger charge is 2.33. The van der Waals surface area contributed by atoms with E-state index < -0.39 is 15.1 Å². The van der Waals surface area contributed by atoms with E-state index >= 15 is 0 Å². The minimum atomic E-state index is -3.60. The second kappa shape index (κ2) is 7.41. The van der Waals surface area contributed by atoms with Crippen LogP contribution in [0.15, 0.2) is 18.2 Å². The first kappa shape index (κ1) is 18.6. The van der Waals surface area contributed by atoms with Crippen molar-refractivity contribution in [1.82, 2.24) is 4.90 Å². The Balaban J connectivity index is 2.08. The smallest absolute Gasteiger partial charge is 0.240 e. The number of nitrogens with zero attached hydrogens (tertiary/aromatic N) is 1. The van der Waals surface area contributed by atoms with Crippen LogP contribution in [0.3, 0.4) is 0 Å². The van der Waals surface area contributed by atoms with Crippen LogP contribution >= 0.6 is 23.2 Å². The van der Waals surface area contributed by atoms with Crippen LogP contribution < -0.4 is 0 Å². The predicted octanol–water partition coefficient (Wildman–Crippen LogP) is 3.56. The second-order valence-corrected chi connectivity index (χ2v) is 9.34. The molecule has 0 aromatic heterocycles. The minimum absolute atomic E-state index is 0.221. The maximum absolute atomic E-state index is 12.5. The molecule has 1 fully saturated rings. The zero-order valence-electron chi connectivity index (χ0n) is 13.3. The van der Waals surface area contributed by atoms with Gasteiger partial charge in [-0.2, -0.15) is 0 Å². The van der Waals surface area contributed by atoms with Gasteiger partial charge in [0.2, 0.25) is 5.91 Å². The van der Waals surface area contributed by atoms with E-state index in [-0.39, 0.29) is 11.7 Å². The Morgan fingerprint density at radius 2 is 1.87 bits per heavy atom. The number of carbonyl (C=O) groups excluding carboxylic acids is 1. The van der Waals surface area contributed by atoms with Crippen LogP contribution in [0, 0.1) is 5.92 Å². The SMILES string of the molecule is CC1CCN(C(=O)[C@@H](C)S(=O)(=O)Cc2ccc(Cl)c(Cl)c2)CC1. The number of likely N-dealkylation sites (tertiary alicyclic amines) is 1. The van der Waals surface area contributed by atoms with Gasteiger partial charge >= 0.3 is 0 Å². The fraction of sp³-hybridized carbons (Fsp3) is 0.562. The third-order valence-corrected chi connectivity index (χ3v) is 7.09. The van der Waals surface area contributed by atoms with Gasteiger partial charge in [-0.3, -0.25) is 4.79 Å². The highest BCUT2D eigenvalue weighted by atomic mass is 35.5. The summed E-state index contributed by atoms with van der Waals surface area (Å²) in [6.45, 7) is 4.87. The molecule has 0 radical (unpaired) electrons. The van der Waals surface area contributed by atoms with Crippen molar-refractivity contribution in [2.45, 2.75) is 37.7 Å². The summed E-state index contributed by atoms with van der Waals surface area (Å²) in [6, 6.07) is 4.71. The average Bonchev–Trinajstić information content (AvgIpc) is 2.50. The first-order chi connectivity index (χ1) is 10.7. The molecule has 0 unspecified atom stereocenters. The standard InChI is InChI=1S/C16H21Cl2NO3S/c1-11-5-7-19(8-6-11)16(20)12(2)23(21,22)10-13-3-4-14(17)15(18)9-13/h3-4,9,11-12H,5-8,10H2,1-2H3/t12-/m1/s1. The summed E-state index contributed by atoms with van der Waals surface area (Å²) in [5.41, 5.74) is 0.534. The molecular weight excluding hydrogens is 357 g/mol. The Kier molecular flexibility index (Phi) is 5.98. The molecular formula is C16H21Cl2NO3S. The zero-order valence-corrected chi connectivity index (χ0v) is 15.6. The van der Waals surface area contributed by atoms with Crippen LogP contribution in [0.1, 0.15) is 32.3 Å². The fourth-order valence-corrected chi connectivity index (χ4v) is 4.30. The summed E-state index contributed by atoms with van der Waals surface area (Å²) >= 11 is 11.8. The first-order valence-electron chi connectivity index (χ1n) is 7.65. The van der Waals surface area contributed by atoms with E-state index in [4.69, 9.17) is 23.2 Å². The van der Waals surface area contributed by atoms with E-state index in [1.807, 2.05) is 0 Å². The lowest BCUT2D eigenvalue weighted by molar-refractivity contribution is -0.131. The van der Waals surface area contributed by atoms with Gasteiger partial charge in [0, 0.05) is 13.1 Å². The molecule has 128 valence electrons. The monoisotopic (exact) mass is 377 g/mol. The molecule has 0 aliphatic carbocycles. The Hall–Kier alpha value is -0.780. The maximum atomic E-state index is 12.5. The molecule has 7 heteroatoms. The highest BCUT2D eigenvalue weighted by molar-refractivity contribution is 7.92. The number of hydrogen-bond donors (Lipinski definition) is 0. The summed E-state index contributed by atoms with van der Waals surface area (Å²) in [5, 5.41) is -0.367. The molecule has 1 aliphatic heterocycles. The number of sulfone groups is 1. The van der Waals surface area contributed by atoms with Gasteiger partial charge in [-0.1, -0.05) is 36.2 Å². The third kappa shape index (κ3) is 4.61. The van der Waals surface area contributed by atoms with E-state index in [0.717, 1.165) is 12.8 Å². The molecule has 1 heterocycles. The number of rotatable bonds is 4. The predicted molar refractivity (Wildman–Crippen MR) is 93.5 cm³/mol. The van der Waals surface area contributed by atoms with E-state index in [9.17, 15) is 13.2 Å². The normalized spacial score (nSPS) is 18.0. The highest BCUT2D eigenvalue weighted by Crippen LogP contribution is 2.25. The zero-order chi connectivity index (χ0) is 17.2. The quantitative estimate of drug-likeness (QED) is 0.805. The van der Waals surface area contributed by atoms with Gasteiger partial charge in [-0.05, 0) is 43.4 Å². The maximum Gasteiger partial charge on any atom is 0.240 e. The van der Waals surface area contributed by atoms with Crippen molar-refractivity contribution in [2.24, 2.45) is 5.92 Å². The Bertz CT molecular complexity index is 683. The summed E-state index contributed by atoms with van der Waals surface area (Å²) in [5.74, 6) is 0.0558. The minimum Gasteiger partial charge on any atom is -0.342 e. The van der Waals surface area contributed by atoms with Crippen LogP contribution in [-0.4, -0.2) is 37.6 Å².